The molecule has 9 nitrogen and oxygen atoms in total. The number of carbonyl (C=O) groups excluding carboxylic acids is 3. The van der Waals surface area contributed by atoms with Crippen LogP contribution in [0.5, 0.6) is 11.5 Å². The van der Waals surface area contributed by atoms with E-state index in [1.807, 2.05) is 0 Å². The number of hydrogen-bond donors (Lipinski definition) is 3. The maximum absolute atomic E-state index is 12.5. The third-order valence-corrected chi connectivity index (χ3v) is 4.10. The SMILES string of the molecule is COc1cc(OC)cc(C(=O)NCc2ccc(NC(=O)CNC(=O)OC(C)(C)C)cc2)c1. The van der Waals surface area contributed by atoms with Crippen LogP contribution in [-0.4, -0.2) is 44.3 Å². The highest BCUT2D eigenvalue weighted by molar-refractivity contribution is 5.95. The van der Waals surface area contributed by atoms with E-state index in [-0.39, 0.29) is 18.4 Å². The summed E-state index contributed by atoms with van der Waals surface area (Å²) in [6, 6.07) is 11.9. The zero-order valence-corrected chi connectivity index (χ0v) is 18.9. The largest absolute Gasteiger partial charge is 0.497 e. The average molecular weight is 444 g/mol. The number of ether oxygens (including phenoxy) is 3. The predicted octanol–water partition coefficient (Wildman–Crippen LogP) is 3.10. The Morgan fingerprint density at radius 1 is 0.875 bits per heavy atom. The molecule has 32 heavy (non-hydrogen) atoms. The summed E-state index contributed by atoms with van der Waals surface area (Å²) in [5.74, 6) is 0.392. The van der Waals surface area contributed by atoms with Crippen molar-refractivity contribution in [2.24, 2.45) is 0 Å². The maximum Gasteiger partial charge on any atom is 0.408 e. The molecular formula is C23H29N3O6. The van der Waals surface area contributed by atoms with Crippen molar-refractivity contribution in [3.8, 4) is 11.5 Å². The van der Waals surface area contributed by atoms with Crippen LogP contribution in [0.25, 0.3) is 0 Å². The van der Waals surface area contributed by atoms with E-state index in [1.54, 1.807) is 63.2 Å². The van der Waals surface area contributed by atoms with Crippen molar-refractivity contribution < 1.29 is 28.6 Å². The smallest absolute Gasteiger partial charge is 0.408 e. The molecule has 0 aliphatic carbocycles. The van der Waals surface area contributed by atoms with Crippen LogP contribution >= 0.6 is 0 Å². The highest BCUT2D eigenvalue weighted by atomic mass is 16.6. The van der Waals surface area contributed by atoms with Crippen molar-refractivity contribution in [2.45, 2.75) is 32.9 Å². The monoisotopic (exact) mass is 443 g/mol. The van der Waals surface area contributed by atoms with Crippen LogP contribution in [0.15, 0.2) is 42.5 Å². The van der Waals surface area contributed by atoms with E-state index < -0.39 is 11.7 Å². The van der Waals surface area contributed by atoms with Gasteiger partial charge in [0.2, 0.25) is 5.91 Å². The zero-order valence-electron chi connectivity index (χ0n) is 18.9. The van der Waals surface area contributed by atoms with E-state index >= 15 is 0 Å². The molecule has 0 aliphatic rings. The second-order valence-corrected chi connectivity index (χ2v) is 7.88. The molecule has 2 rings (SSSR count). The lowest BCUT2D eigenvalue weighted by atomic mass is 10.1. The zero-order chi connectivity index (χ0) is 23.7. The number of benzene rings is 2. The molecule has 0 saturated carbocycles. The number of carbonyl (C=O) groups is 3. The van der Waals surface area contributed by atoms with Gasteiger partial charge in [0.1, 0.15) is 23.6 Å². The Kier molecular flexibility index (Phi) is 8.46. The van der Waals surface area contributed by atoms with Crippen LogP contribution in [0.1, 0.15) is 36.7 Å². The molecular weight excluding hydrogens is 414 g/mol. The first-order chi connectivity index (χ1) is 15.1. The number of anilines is 1. The Bertz CT molecular complexity index is 929. The van der Waals surface area contributed by atoms with Crippen LogP contribution in [0.4, 0.5) is 10.5 Å². The summed E-state index contributed by atoms with van der Waals surface area (Å²) in [4.78, 5) is 36.0. The van der Waals surface area contributed by atoms with Crippen LogP contribution in [0.3, 0.4) is 0 Å². The normalized spacial score (nSPS) is 10.7. The lowest BCUT2D eigenvalue weighted by Crippen LogP contribution is -2.37. The Balaban J connectivity index is 1.84. The molecule has 2 aromatic carbocycles. The predicted molar refractivity (Wildman–Crippen MR) is 120 cm³/mol. The number of alkyl carbamates (subject to hydrolysis) is 1. The molecule has 9 heteroatoms. The molecule has 3 N–H and O–H groups in total. The van der Waals surface area contributed by atoms with Crippen molar-refractivity contribution in [3.63, 3.8) is 0 Å². The van der Waals surface area contributed by atoms with Gasteiger partial charge in [0.25, 0.3) is 5.91 Å². The first kappa shape index (κ1) is 24.5. The van der Waals surface area contributed by atoms with E-state index in [9.17, 15) is 14.4 Å². The summed E-state index contributed by atoms with van der Waals surface area (Å²) in [7, 11) is 3.04. The summed E-state index contributed by atoms with van der Waals surface area (Å²) in [5, 5.41) is 7.91. The van der Waals surface area contributed by atoms with Gasteiger partial charge in [-0.3, -0.25) is 9.59 Å². The number of amides is 3. The first-order valence-electron chi connectivity index (χ1n) is 9.96. The van der Waals surface area contributed by atoms with Gasteiger partial charge < -0.3 is 30.2 Å². The fourth-order valence-electron chi connectivity index (χ4n) is 2.60. The van der Waals surface area contributed by atoms with E-state index in [2.05, 4.69) is 16.0 Å². The summed E-state index contributed by atoms with van der Waals surface area (Å²) in [6.45, 7) is 5.31. The van der Waals surface area contributed by atoms with E-state index in [1.165, 1.54) is 14.2 Å². The maximum atomic E-state index is 12.5. The van der Waals surface area contributed by atoms with Crippen LogP contribution in [0.2, 0.25) is 0 Å². The minimum atomic E-state index is -0.660. The molecule has 172 valence electrons. The van der Waals surface area contributed by atoms with E-state index in [0.717, 1.165) is 5.56 Å². The number of nitrogens with one attached hydrogen (secondary N) is 3. The Morgan fingerprint density at radius 2 is 1.47 bits per heavy atom. The standard InChI is InChI=1S/C23H29N3O6/c1-23(2,3)32-22(29)25-14-20(27)26-17-8-6-15(7-9-17)13-24-21(28)16-10-18(30-4)12-19(11-16)31-5/h6-12H,13-14H2,1-5H3,(H,24,28)(H,25,29)(H,26,27). The molecule has 0 unspecified atom stereocenters. The summed E-state index contributed by atoms with van der Waals surface area (Å²) < 4.78 is 15.4. The van der Waals surface area contributed by atoms with Gasteiger partial charge in [0.15, 0.2) is 0 Å². The molecule has 0 radical (unpaired) electrons. The van der Waals surface area contributed by atoms with Gasteiger partial charge in [-0.2, -0.15) is 0 Å². The van der Waals surface area contributed by atoms with Crippen molar-refractivity contribution in [1.82, 2.24) is 10.6 Å². The Labute approximate surface area is 187 Å². The Hall–Kier alpha value is -3.75. The quantitative estimate of drug-likeness (QED) is 0.578. The van der Waals surface area contributed by atoms with Crippen LogP contribution in [-0.2, 0) is 16.1 Å². The highest BCUT2D eigenvalue weighted by Crippen LogP contribution is 2.22. The second-order valence-electron chi connectivity index (χ2n) is 7.88. The molecule has 0 atom stereocenters. The van der Waals surface area contributed by atoms with Crippen LogP contribution in [0, 0.1) is 0 Å². The summed E-state index contributed by atoms with van der Waals surface area (Å²) in [5.41, 5.74) is 1.19. The molecule has 0 heterocycles. The van der Waals surface area contributed by atoms with Gasteiger partial charge in [-0.15, -0.1) is 0 Å². The van der Waals surface area contributed by atoms with Crippen molar-refractivity contribution in [2.75, 3.05) is 26.1 Å². The third-order valence-electron chi connectivity index (χ3n) is 4.10. The lowest BCUT2D eigenvalue weighted by molar-refractivity contribution is -0.115. The van der Waals surface area contributed by atoms with Crippen molar-refractivity contribution >= 4 is 23.6 Å². The van der Waals surface area contributed by atoms with Gasteiger partial charge in [-0.05, 0) is 50.6 Å². The highest BCUT2D eigenvalue weighted by Gasteiger charge is 2.16. The topological polar surface area (TPSA) is 115 Å². The molecule has 2 aromatic rings. The molecule has 3 amide bonds. The lowest BCUT2D eigenvalue weighted by Gasteiger charge is -2.19. The Morgan fingerprint density at radius 3 is 2.00 bits per heavy atom. The summed E-state index contributed by atoms with van der Waals surface area (Å²) in [6.07, 6.45) is -0.660. The van der Waals surface area contributed by atoms with Gasteiger partial charge in [0.05, 0.1) is 14.2 Å². The van der Waals surface area contributed by atoms with Crippen molar-refractivity contribution in [3.05, 3.63) is 53.6 Å². The third kappa shape index (κ3) is 8.17. The van der Waals surface area contributed by atoms with Gasteiger partial charge >= 0.3 is 6.09 Å². The minimum Gasteiger partial charge on any atom is -0.497 e. The van der Waals surface area contributed by atoms with E-state index in [4.69, 9.17) is 14.2 Å². The van der Waals surface area contributed by atoms with Gasteiger partial charge in [0, 0.05) is 23.9 Å². The molecule has 0 aromatic heterocycles. The van der Waals surface area contributed by atoms with E-state index in [0.29, 0.717) is 29.3 Å². The fraction of sp³-hybridized carbons (Fsp3) is 0.348. The second kappa shape index (κ2) is 11.0. The number of hydrogen-bond acceptors (Lipinski definition) is 6. The summed E-state index contributed by atoms with van der Waals surface area (Å²) >= 11 is 0. The number of rotatable bonds is 8. The average Bonchev–Trinajstić information content (AvgIpc) is 2.75. The van der Waals surface area contributed by atoms with Crippen molar-refractivity contribution in [1.29, 1.82) is 0 Å². The van der Waals surface area contributed by atoms with Gasteiger partial charge in [-0.25, -0.2) is 4.79 Å². The minimum absolute atomic E-state index is 0.212. The molecule has 0 bridgehead atoms. The number of methoxy groups -OCH3 is 2. The molecule has 0 saturated heterocycles. The fourth-order valence-corrected chi connectivity index (χ4v) is 2.60. The van der Waals surface area contributed by atoms with Gasteiger partial charge in [-0.1, -0.05) is 12.1 Å². The molecule has 0 fully saturated rings. The first-order valence-corrected chi connectivity index (χ1v) is 9.96. The molecule has 0 aliphatic heterocycles. The molecule has 0 spiro atoms. The van der Waals surface area contributed by atoms with Crippen LogP contribution < -0.4 is 25.4 Å².